The van der Waals surface area contributed by atoms with Crippen molar-refractivity contribution in [2.24, 2.45) is 12.0 Å². The first-order valence-electron chi connectivity index (χ1n) is 10.5. The minimum Gasteiger partial charge on any atom is -0.350 e. The number of carbonyl (C=O) groups is 1. The zero-order valence-electron chi connectivity index (χ0n) is 17.0. The number of pyridine rings is 1. The number of hydrogen-bond acceptors (Lipinski definition) is 4. The Morgan fingerprint density at radius 1 is 1.13 bits per heavy atom. The summed E-state index contributed by atoms with van der Waals surface area (Å²) in [5.41, 5.74) is 3.00. The Morgan fingerprint density at radius 3 is 2.77 bits per heavy atom. The molecular formula is C24H24N4OS. The summed E-state index contributed by atoms with van der Waals surface area (Å²) in [6, 6.07) is 12.3. The van der Waals surface area contributed by atoms with Crippen LogP contribution < -0.4 is 0 Å². The van der Waals surface area contributed by atoms with Gasteiger partial charge in [-0.15, -0.1) is 0 Å². The average Bonchev–Trinajstić information content (AvgIpc) is 3.26. The number of aliphatic imine (C=N–C) groups is 1. The molecule has 0 unspecified atom stereocenters. The van der Waals surface area contributed by atoms with Gasteiger partial charge >= 0.3 is 0 Å². The number of amides is 1. The molecular weight excluding hydrogens is 392 g/mol. The fourth-order valence-corrected chi connectivity index (χ4v) is 5.44. The van der Waals surface area contributed by atoms with Gasteiger partial charge in [-0.05, 0) is 48.9 Å². The number of fused-ring (bicyclic) bond motifs is 1. The Bertz CT molecular complexity index is 1140. The van der Waals surface area contributed by atoms with Crippen LogP contribution in [0, 0.1) is 0 Å². The van der Waals surface area contributed by atoms with Gasteiger partial charge in [-0.3, -0.25) is 14.7 Å². The summed E-state index contributed by atoms with van der Waals surface area (Å²) in [4.78, 5) is 25.1. The number of aryl methyl sites for hydroxylation is 1. The van der Waals surface area contributed by atoms with Gasteiger partial charge in [0.1, 0.15) is 0 Å². The topological polar surface area (TPSA) is 50.5 Å². The molecule has 1 saturated heterocycles. The fraction of sp³-hybridized carbons (Fsp3) is 0.292. The Kier molecular flexibility index (Phi) is 5.17. The van der Waals surface area contributed by atoms with Crippen molar-refractivity contribution in [2.45, 2.75) is 38.1 Å². The van der Waals surface area contributed by atoms with Gasteiger partial charge in [0, 0.05) is 41.9 Å². The van der Waals surface area contributed by atoms with Crippen LogP contribution in [0.1, 0.15) is 37.7 Å². The molecule has 3 heterocycles. The first-order chi connectivity index (χ1) is 14.7. The molecule has 6 heteroatoms. The number of thioether (sulfide) groups is 1. The Hall–Kier alpha value is -2.86. The lowest BCUT2D eigenvalue weighted by atomic mass is 9.94. The van der Waals surface area contributed by atoms with Crippen molar-refractivity contribution in [1.29, 1.82) is 0 Å². The molecule has 1 saturated carbocycles. The van der Waals surface area contributed by atoms with Gasteiger partial charge in [-0.25, -0.2) is 4.99 Å². The molecule has 1 aliphatic carbocycles. The maximum atomic E-state index is 13.5. The lowest BCUT2D eigenvalue weighted by Crippen LogP contribution is -2.40. The van der Waals surface area contributed by atoms with Crippen LogP contribution in [-0.4, -0.2) is 31.6 Å². The van der Waals surface area contributed by atoms with E-state index >= 15 is 0 Å². The number of aromatic nitrogens is 2. The molecule has 1 aromatic carbocycles. The van der Waals surface area contributed by atoms with Gasteiger partial charge in [0.15, 0.2) is 5.17 Å². The van der Waals surface area contributed by atoms with E-state index in [1.165, 1.54) is 31.0 Å². The highest BCUT2D eigenvalue weighted by atomic mass is 32.2. The lowest BCUT2D eigenvalue weighted by Gasteiger charge is -2.30. The number of carbonyl (C=O) groups excluding carboxylic acids is 1. The van der Waals surface area contributed by atoms with E-state index in [4.69, 9.17) is 4.99 Å². The van der Waals surface area contributed by atoms with E-state index in [-0.39, 0.29) is 11.9 Å². The molecule has 5 nitrogen and oxygen atoms in total. The minimum absolute atomic E-state index is 0.0717. The van der Waals surface area contributed by atoms with Crippen molar-refractivity contribution < 1.29 is 4.79 Å². The van der Waals surface area contributed by atoms with Crippen LogP contribution in [-0.2, 0) is 11.8 Å². The number of amidine groups is 1. The highest BCUT2D eigenvalue weighted by molar-refractivity contribution is 8.18. The van der Waals surface area contributed by atoms with Crippen molar-refractivity contribution in [2.75, 3.05) is 0 Å². The number of nitrogens with zero attached hydrogens (tertiary/aromatic N) is 4. The predicted octanol–water partition coefficient (Wildman–Crippen LogP) is 5.51. The molecule has 2 aromatic heterocycles. The van der Waals surface area contributed by atoms with Crippen LogP contribution in [0.4, 0.5) is 5.69 Å². The van der Waals surface area contributed by atoms with Crippen LogP contribution in [0.15, 0.2) is 64.9 Å². The van der Waals surface area contributed by atoms with Gasteiger partial charge in [0.05, 0.1) is 16.8 Å². The molecule has 3 aromatic rings. The molecule has 5 rings (SSSR count). The number of para-hydroxylation sites is 1. The zero-order chi connectivity index (χ0) is 20.5. The summed E-state index contributed by atoms with van der Waals surface area (Å²) in [5.74, 6) is 0.0717. The van der Waals surface area contributed by atoms with E-state index in [9.17, 15) is 4.79 Å². The minimum atomic E-state index is 0.0717. The molecule has 2 aliphatic rings. The molecule has 0 bridgehead atoms. The molecule has 0 atom stereocenters. The van der Waals surface area contributed by atoms with E-state index in [1.54, 1.807) is 12.4 Å². The Morgan fingerprint density at radius 2 is 1.97 bits per heavy atom. The van der Waals surface area contributed by atoms with Crippen molar-refractivity contribution in [3.8, 4) is 0 Å². The van der Waals surface area contributed by atoms with Gasteiger partial charge < -0.3 is 4.57 Å². The quantitative estimate of drug-likeness (QED) is 0.529. The molecule has 1 aliphatic heterocycles. The summed E-state index contributed by atoms with van der Waals surface area (Å²) in [6.45, 7) is 0. The maximum absolute atomic E-state index is 13.5. The average molecular weight is 417 g/mol. The number of rotatable bonds is 3. The van der Waals surface area contributed by atoms with Crippen molar-refractivity contribution in [3.05, 3.63) is 65.5 Å². The highest BCUT2D eigenvalue weighted by Crippen LogP contribution is 2.39. The third kappa shape index (κ3) is 3.56. The molecule has 152 valence electrons. The molecule has 0 N–H and O–H groups in total. The van der Waals surface area contributed by atoms with Gasteiger partial charge in [0.2, 0.25) is 0 Å². The van der Waals surface area contributed by atoms with Gasteiger partial charge in [-0.2, -0.15) is 0 Å². The largest absolute Gasteiger partial charge is 0.350 e. The standard InChI is InChI=1S/C24H24N4OS/c1-27-16-17(20-11-5-6-12-21(20)27)14-22-23(29)28(19-9-3-2-4-10-19)24(30-22)26-18-8-7-13-25-15-18/h5-8,11-16,19H,2-4,9-10H2,1H3/b22-14-,26-24?. The predicted molar refractivity (Wildman–Crippen MR) is 124 cm³/mol. The molecule has 30 heavy (non-hydrogen) atoms. The summed E-state index contributed by atoms with van der Waals surface area (Å²) in [7, 11) is 2.04. The summed E-state index contributed by atoms with van der Waals surface area (Å²) < 4.78 is 2.11. The first-order valence-corrected chi connectivity index (χ1v) is 11.3. The van der Waals surface area contributed by atoms with Gasteiger partial charge in [-0.1, -0.05) is 37.5 Å². The van der Waals surface area contributed by atoms with Crippen LogP contribution >= 0.6 is 11.8 Å². The monoisotopic (exact) mass is 416 g/mol. The van der Waals surface area contributed by atoms with Crippen LogP contribution in [0.25, 0.3) is 17.0 Å². The maximum Gasteiger partial charge on any atom is 0.267 e. The third-order valence-corrected chi connectivity index (χ3v) is 6.84. The zero-order valence-corrected chi connectivity index (χ0v) is 17.8. The normalized spacial score (nSPS) is 20.7. The molecule has 0 radical (unpaired) electrons. The second-order valence-corrected chi connectivity index (χ2v) is 8.90. The van der Waals surface area contributed by atoms with E-state index in [0.717, 1.165) is 45.1 Å². The Labute approximate surface area is 180 Å². The van der Waals surface area contributed by atoms with Crippen molar-refractivity contribution in [3.63, 3.8) is 0 Å². The molecule has 0 spiro atoms. The van der Waals surface area contributed by atoms with E-state index in [0.29, 0.717) is 0 Å². The lowest BCUT2D eigenvalue weighted by molar-refractivity contribution is -0.124. The van der Waals surface area contributed by atoms with Crippen molar-refractivity contribution in [1.82, 2.24) is 14.5 Å². The highest BCUT2D eigenvalue weighted by Gasteiger charge is 2.38. The summed E-state index contributed by atoms with van der Waals surface area (Å²) in [6.07, 6.45) is 13.3. The smallest absolute Gasteiger partial charge is 0.267 e. The van der Waals surface area contributed by atoms with Gasteiger partial charge in [0.25, 0.3) is 5.91 Å². The first kappa shape index (κ1) is 19.1. The van der Waals surface area contributed by atoms with E-state index in [1.807, 2.05) is 42.3 Å². The number of hydrogen-bond donors (Lipinski definition) is 0. The van der Waals surface area contributed by atoms with E-state index in [2.05, 4.69) is 27.9 Å². The van der Waals surface area contributed by atoms with Crippen molar-refractivity contribution >= 4 is 45.5 Å². The Balaban J connectivity index is 1.55. The SMILES string of the molecule is Cn1cc(/C=C2\SC(=Nc3cccnc3)N(C3CCCCC3)C2=O)c2ccccc21. The van der Waals surface area contributed by atoms with E-state index < -0.39 is 0 Å². The number of benzene rings is 1. The second-order valence-electron chi connectivity index (χ2n) is 7.90. The molecule has 2 fully saturated rings. The fourth-order valence-electron chi connectivity index (χ4n) is 4.39. The summed E-state index contributed by atoms with van der Waals surface area (Å²) in [5, 5.41) is 1.93. The third-order valence-electron chi connectivity index (χ3n) is 5.86. The second kappa shape index (κ2) is 8.11. The van der Waals surface area contributed by atoms with Crippen LogP contribution in [0.2, 0.25) is 0 Å². The summed E-state index contributed by atoms with van der Waals surface area (Å²) >= 11 is 1.48. The van der Waals surface area contributed by atoms with Crippen LogP contribution in [0.5, 0.6) is 0 Å². The molecule has 1 amide bonds. The van der Waals surface area contributed by atoms with Crippen LogP contribution in [0.3, 0.4) is 0 Å².